The molecule has 174 valence electrons. The first-order chi connectivity index (χ1) is 16.2. The number of benzene rings is 1. The van der Waals surface area contributed by atoms with Crippen LogP contribution in [0.1, 0.15) is 65.1 Å². The molecule has 1 aliphatic heterocycles. The van der Waals surface area contributed by atoms with Crippen molar-refractivity contribution in [3.05, 3.63) is 57.5 Å². The molecule has 33 heavy (non-hydrogen) atoms. The van der Waals surface area contributed by atoms with Crippen LogP contribution in [0.4, 0.5) is 0 Å². The normalized spacial score (nSPS) is 16.7. The van der Waals surface area contributed by atoms with Crippen molar-refractivity contribution in [2.24, 2.45) is 0 Å². The fraction of sp³-hybridized carbons (Fsp3) is 0.462. The van der Waals surface area contributed by atoms with Crippen LogP contribution in [0.25, 0.3) is 11.0 Å². The van der Waals surface area contributed by atoms with Gasteiger partial charge in [-0.3, -0.25) is 9.59 Å². The van der Waals surface area contributed by atoms with Gasteiger partial charge in [-0.25, -0.2) is 0 Å². The summed E-state index contributed by atoms with van der Waals surface area (Å²) in [6.07, 6.45) is 7.68. The molecule has 0 unspecified atom stereocenters. The Hall–Kier alpha value is -2.25. The minimum absolute atomic E-state index is 0.0878. The molecular formula is C26H30N2O3S2. The average Bonchev–Trinajstić information content (AvgIpc) is 3.47. The maximum atomic E-state index is 13.0. The average molecular weight is 483 g/mol. The van der Waals surface area contributed by atoms with E-state index in [1.54, 1.807) is 11.3 Å². The van der Waals surface area contributed by atoms with Gasteiger partial charge in [-0.1, -0.05) is 37.5 Å². The van der Waals surface area contributed by atoms with Gasteiger partial charge in [0, 0.05) is 52.9 Å². The third-order valence-corrected chi connectivity index (χ3v) is 9.13. The second-order valence-corrected chi connectivity index (χ2v) is 11.2. The first-order valence-corrected chi connectivity index (χ1v) is 13.8. The third-order valence-electron chi connectivity index (χ3n) is 6.70. The predicted octanol–water partition coefficient (Wildman–Crippen LogP) is 5.77. The molecule has 2 amide bonds. The van der Waals surface area contributed by atoms with Gasteiger partial charge in [0.1, 0.15) is 5.58 Å². The molecule has 1 fully saturated rings. The number of thiophene rings is 1. The smallest absolute Gasteiger partial charge is 0.287 e. The van der Waals surface area contributed by atoms with Crippen molar-refractivity contribution in [1.29, 1.82) is 0 Å². The van der Waals surface area contributed by atoms with Crippen LogP contribution < -0.4 is 5.32 Å². The van der Waals surface area contributed by atoms with Gasteiger partial charge in [-0.15, -0.1) is 11.3 Å². The van der Waals surface area contributed by atoms with E-state index in [0.29, 0.717) is 30.5 Å². The molecule has 1 saturated carbocycles. The number of para-hydroxylation sites is 1. The van der Waals surface area contributed by atoms with E-state index in [-0.39, 0.29) is 11.8 Å². The van der Waals surface area contributed by atoms with Crippen molar-refractivity contribution in [2.75, 3.05) is 13.1 Å². The Morgan fingerprint density at radius 3 is 2.88 bits per heavy atom. The molecular weight excluding hydrogens is 452 g/mol. The summed E-state index contributed by atoms with van der Waals surface area (Å²) in [6.45, 7) is 1.75. The summed E-state index contributed by atoms with van der Waals surface area (Å²) in [6, 6.07) is 9.98. The molecule has 0 spiro atoms. The molecule has 0 atom stereocenters. The fourth-order valence-corrected chi connectivity index (χ4v) is 7.09. The summed E-state index contributed by atoms with van der Waals surface area (Å²) >= 11 is 3.71. The highest BCUT2D eigenvalue weighted by atomic mass is 32.2. The number of hydrogen-bond acceptors (Lipinski definition) is 5. The lowest BCUT2D eigenvalue weighted by molar-refractivity contribution is -0.131. The van der Waals surface area contributed by atoms with Crippen LogP contribution in [0.15, 0.2) is 40.1 Å². The number of fused-ring (bicyclic) bond motifs is 2. The number of furan rings is 1. The zero-order valence-corrected chi connectivity index (χ0v) is 20.4. The summed E-state index contributed by atoms with van der Waals surface area (Å²) in [5, 5.41) is 6.71. The van der Waals surface area contributed by atoms with Gasteiger partial charge in [0.25, 0.3) is 5.91 Å². The summed E-state index contributed by atoms with van der Waals surface area (Å²) in [7, 11) is 0. The van der Waals surface area contributed by atoms with Crippen molar-refractivity contribution in [2.45, 2.75) is 62.5 Å². The lowest BCUT2D eigenvalue weighted by Gasteiger charge is -2.27. The SMILES string of the molecule is O=C(NCCC(=O)N1CCc2sccc2C1)c1oc2ccccc2c1CSC1CCCCC1. The first kappa shape index (κ1) is 22.5. The number of hydrogen-bond donors (Lipinski definition) is 1. The Labute approximate surface area is 202 Å². The van der Waals surface area contributed by atoms with E-state index in [2.05, 4.69) is 16.8 Å². The standard InChI is InChI=1S/C26H30N2O3S2/c29-24(28-14-11-23-18(16-28)12-15-32-23)10-13-27-26(30)25-21(17-33-19-6-2-1-3-7-19)20-8-4-5-9-22(20)31-25/h4-5,8-9,12,15,19H,1-3,6-7,10-11,13-14,16-17H2,(H,27,30). The quantitative estimate of drug-likeness (QED) is 0.465. The van der Waals surface area contributed by atoms with Crippen LogP contribution in [0.5, 0.6) is 0 Å². The van der Waals surface area contributed by atoms with Crippen molar-refractivity contribution in [1.82, 2.24) is 10.2 Å². The largest absolute Gasteiger partial charge is 0.451 e. The molecule has 2 aliphatic rings. The van der Waals surface area contributed by atoms with Gasteiger partial charge in [0.05, 0.1) is 0 Å². The second-order valence-electron chi connectivity index (χ2n) is 8.92. The molecule has 0 radical (unpaired) electrons. The molecule has 7 heteroatoms. The monoisotopic (exact) mass is 482 g/mol. The van der Waals surface area contributed by atoms with E-state index >= 15 is 0 Å². The van der Waals surface area contributed by atoms with Crippen molar-refractivity contribution in [3.63, 3.8) is 0 Å². The molecule has 0 bridgehead atoms. The van der Waals surface area contributed by atoms with Crippen LogP contribution in [-0.2, 0) is 23.5 Å². The first-order valence-electron chi connectivity index (χ1n) is 11.9. The highest BCUT2D eigenvalue weighted by Gasteiger charge is 2.24. The van der Waals surface area contributed by atoms with E-state index in [1.807, 2.05) is 40.9 Å². The van der Waals surface area contributed by atoms with E-state index in [1.165, 1.54) is 42.5 Å². The topological polar surface area (TPSA) is 62.6 Å². The van der Waals surface area contributed by atoms with E-state index in [4.69, 9.17) is 4.42 Å². The maximum Gasteiger partial charge on any atom is 0.287 e. The predicted molar refractivity (Wildman–Crippen MR) is 135 cm³/mol. The van der Waals surface area contributed by atoms with Gasteiger partial charge in [0.2, 0.25) is 5.91 Å². The van der Waals surface area contributed by atoms with E-state index in [0.717, 1.165) is 35.3 Å². The molecule has 3 aromatic rings. The highest BCUT2D eigenvalue weighted by Crippen LogP contribution is 2.35. The minimum Gasteiger partial charge on any atom is -0.451 e. The number of rotatable bonds is 7. The molecule has 0 saturated heterocycles. The zero-order chi connectivity index (χ0) is 22.6. The van der Waals surface area contributed by atoms with Crippen LogP contribution in [-0.4, -0.2) is 35.1 Å². The lowest BCUT2D eigenvalue weighted by atomic mass is 10.0. The molecule has 2 aromatic heterocycles. The van der Waals surface area contributed by atoms with Crippen LogP contribution >= 0.6 is 23.1 Å². The Bertz CT molecular complexity index is 1130. The maximum absolute atomic E-state index is 13.0. The van der Waals surface area contributed by atoms with Crippen LogP contribution in [0, 0.1) is 0 Å². The summed E-state index contributed by atoms with van der Waals surface area (Å²) in [5.41, 5.74) is 2.98. The summed E-state index contributed by atoms with van der Waals surface area (Å²) in [4.78, 5) is 29.0. The highest BCUT2D eigenvalue weighted by molar-refractivity contribution is 7.99. The Balaban J connectivity index is 1.20. The van der Waals surface area contributed by atoms with Crippen LogP contribution in [0.2, 0.25) is 0 Å². The zero-order valence-electron chi connectivity index (χ0n) is 18.8. The van der Waals surface area contributed by atoms with Gasteiger partial charge < -0.3 is 14.6 Å². The summed E-state index contributed by atoms with van der Waals surface area (Å²) < 4.78 is 5.99. The minimum atomic E-state index is -0.225. The van der Waals surface area contributed by atoms with Crippen molar-refractivity contribution < 1.29 is 14.0 Å². The lowest BCUT2D eigenvalue weighted by Crippen LogP contribution is -2.37. The fourth-order valence-electron chi connectivity index (χ4n) is 4.84. The number of amides is 2. The van der Waals surface area contributed by atoms with E-state index < -0.39 is 0 Å². The third kappa shape index (κ3) is 5.14. The Morgan fingerprint density at radius 1 is 1.15 bits per heavy atom. The van der Waals surface area contributed by atoms with E-state index in [9.17, 15) is 9.59 Å². The Kier molecular flexibility index (Phi) is 7.07. The molecule has 5 rings (SSSR count). The molecule has 3 heterocycles. The molecule has 1 aliphatic carbocycles. The van der Waals surface area contributed by atoms with Gasteiger partial charge in [-0.2, -0.15) is 11.8 Å². The van der Waals surface area contributed by atoms with Gasteiger partial charge in [-0.05, 0) is 42.3 Å². The number of carbonyl (C=O) groups excluding carboxylic acids is 2. The second kappa shape index (κ2) is 10.3. The number of nitrogens with one attached hydrogen (secondary N) is 1. The molecule has 1 N–H and O–H groups in total. The van der Waals surface area contributed by atoms with Crippen LogP contribution in [0.3, 0.4) is 0 Å². The van der Waals surface area contributed by atoms with Gasteiger partial charge in [0.15, 0.2) is 5.76 Å². The number of nitrogens with zero attached hydrogens (tertiary/aromatic N) is 1. The number of carbonyl (C=O) groups is 2. The summed E-state index contributed by atoms with van der Waals surface area (Å²) in [5.74, 6) is 1.04. The van der Waals surface area contributed by atoms with Crippen molar-refractivity contribution >= 4 is 45.9 Å². The molecule has 1 aromatic carbocycles. The number of thioether (sulfide) groups is 1. The van der Waals surface area contributed by atoms with Crippen molar-refractivity contribution in [3.8, 4) is 0 Å². The molecule has 5 nitrogen and oxygen atoms in total. The Morgan fingerprint density at radius 2 is 2.00 bits per heavy atom. The van der Waals surface area contributed by atoms with Gasteiger partial charge >= 0.3 is 0 Å².